The van der Waals surface area contributed by atoms with E-state index in [9.17, 15) is 9.59 Å². The molecule has 6 nitrogen and oxygen atoms in total. The van der Waals surface area contributed by atoms with Gasteiger partial charge in [0, 0.05) is 37.5 Å². The second-order valence-electron chi connectivity index (χ2n) is 4.81. The number of thiazole rings is 1. The summed E-state index contributed by atoms with van der Waals surface area (Å²) in [6.07, 6.45) is 1.94. The van der Waals surface area contributed by atoms with Gasteiger partial charge in [-0.15, -0.1) is 11.3 Å². The Bertz CT molecular complexity index is 442. The van der Waals surface area contributed by atoms with Crippen molar-refractivity contribution in [1.82, 2.24) is 15.2 Å². The first-order valence-corrected chi connectivity index (χ1v) is 7.72. The van der Waals surface area contributed by atoms with Crippen molar-refractivity contribution in [3.05, 3.63) is 16.6 Å². The fourth-order valence-corrected chi connectivity index (χ4v) is 2.79. The lowest BCUT2D eigenvalue weighted by Gasteiger charge is -2.30. The third-order valence-electron chi connectivity index (χ3n) is 3.44. The summed E-state index contributed by atoms with van der Waals surface area (Å²) in [5.74, 6) is -0.0576. The Hall–Kier alpha value is -1.47. The highest BCUT2D eigenvalue weighted by atomic mass is 32.1. The molecule has 0 aliphatic carbocycles. The maximum Gasteiger partial charge on any atom is 0.273 e. The molecule has 2 heterocycles. The number of aliphatic hydroxyl groups is 1. The van der Waals surface area contributed by atoms with Crippen LogP contribution in [-0.2, 0) is 4.79 Å². The van der Waals surface area contributed by atoms with Crippen LogP contribution in [0.5, 0.6) is 0 Å². The summed E-state index contributed by atoms with van der Waals surface area (Å²) in [5.41, 5.74) is 2.13. The molecule has 0 bridgehead atoms. The quantitative estimate of drug-likeness (QED) is 0.775. The average molecular weight is 297 g/mol. The maximum atomic E-state index is 12.1. The van der Waals surface area contributed by atoms with E-state index in [2.05, 4.69) is 10.3 Å². The fourth-order valence-electron chi connectivity index (χ4n) is 2.26. The number of carbonyl (C=O) groups excluding carboxylic acids is 2. The molecule has 1 aliphatic heterocycles. The highest BCUT2D eigenvalue weighted by Gasteiger charge is 2.28. The van der Waals surface area contributed by atoms with E-state index in [1.54, 1.807) is 15.8 Å². The number of carbonyl (C=O) groups is 2. The molecule has 1 aliphatic rings. The lowest BCUT2D eigenvalue weighted by Crippen LogP contribution is -2.43. The van der Waals surface area contributed by atoms with Crippen LogP contribution in [0.25, 0.3) is 0 Å². The van der Waals surface area contributed by atoms with Crippen LogP contribution in [-0.4, -0.2) is 53.0 Å². The third-order valence-corrected chi connectivity index (χ3v) is 4.02. The molecule has 0 spiro atoms. The molecule has 110 valence electrons. The molecule has 2 rings (SSSR count). The first-order valence-electron chi connectivity index (χ1n) is 6.78. The average Bonchev–Trinajstić information content (AvgIpc) is 3.01. The van der Waals surface area contributed by atoms with Gasteiger partial charge in [0.25, 0.3) is 5.91 Å². The highest BCUT2D eigenvalue weighted by Crippen LogP contribution is 2.19. The van der Waals surface area contributed by atoms with Gasteiger partial charge >= 0.3 is 0 Å². The zero-order valence-electron chi connectivity index (χ0n) is 11.2. The Morgan fingerprint density at radius 3 is 2.80 bits per heavy atom. The molecule has 0 atom stereocenters. The van der Waals surface area contributed by atoms with Gasteiger partial charge in [0.05, 0.1) is 5.51 Å². The van der Waals surface area contributed by atoms with Crippen molar-refractivity contribution in [2.75, 3.05) is 26.2 Å². The first-order chi connectivity index (χ1) is 9.72. The Morgan fingerprint density at radius 1 is 1.45 bits per heavy atom. The fraction of sp³-hybridized carbons (Fsp3) is 0.615. The molecular weight excluding hydrogens is 278 g/mol. The molecule has 2 amide bonds. The second-order valence-corrected chi connectivity index (χ2v) is 5.53. The van der Waals surface area contributed by atoms with E-state index in [1.165, 1.54) is 11.3 Å². The minimum Gasteiger partial charge on any atom is -0.396 e. The van der Waals surface area contributed by atoms with E-state index in [-0.39, 0.29) is 24.3 Å². The number of nitrogens with zero attached hydrogens (tertiary/aromatic N) is 2. The molecule has 1 saturated heterocycles. The van der Waals surface area contributed by atoms with E-state index < -0.39 is 0 Å². The molecule has 0 unspecified atom stereocenters. The van der Waals surface area contributed by atoms with Crippen LogP contribution in [0.3, 0.4) is 0 Å². The lowest BCUT2D eigenvalue weighted by molar-refractivity contribution is -0.126. The topological polar surface area (TPSA) is 82.5 Å². The number of aromatic nitrogens is 1. The number of amides is 2. The van der Waals surface area contributed by atoms with Crippen molar-refractivity contribution in [3.63, 3.8) is 0 Å². The Morgan fingerprint density at radius 2 is 2.20 bits per heavy atom. The lowest BCUT2D eigenvalue weighted by atomic mass is 9.95. The largest absolute Gasteiger partial charge is 0.396 e. The van der Waals surface area contributed by atoms with E-state index in [0.29, 0.717) is 44.6 Å². The molecule has 1 aromatic heterocycles. The van der Waals surface area contributed by atoms with Crippen molar-refractivity contribution < 1.29 is 14.7 Å². The van der Waals surface area contributed by atoms with Crippen LogP contribution in [0.15, 0.2) is 10.9 Å². The SMILES string of the molecule is O=C(NCCCO)C1CCN(C(=O)c2cscn2)CC1. The zero-order chi connectivity index (χ0) is 14.4. The summed E-state index contributed by atoms with van der Waals surface area (Å²) in [7, 11) is 0. The van der Waals surface area contributed by atoms with Crippen LogP contribution in [0.1, 0.15) is 29.8 Å². The molecule has 1 aromatic rings. The molecule has 0 saturated carbocycles. The number of hydrogen-bond donors (Lipinski definition) is 2. The minimum absolute atomic E-state index is 0.0270. The Labute approximate surface area is 121 Å². The summed E-state index contributed by atoms with van der Waals surface area (Å²) in [6.45, 7) is 1.77. The number of hydrogen-bond acceptors (Lipinski definition) is 5. The van der Waals surface area contributed by atoms with Crippen LogP contribution >= 0.6 is 11.3 Å². The van der Waals surface area contributed by atoms with Gasteiger partial charge in [0.1, 0.15) is 5.69 Å². The van der Waals surface area contributed by atoms with Crippen molar-refractivity contribution in [2.45, 2.75) is 19.3 Å². The molecular formula is C13H19N3O3S. The van der Waals surface area contributed by atoms with Gasteiger partial charge in [-0.1, -0.05) is 0 Å². The van der Waals surface area contributed by atoms with E-state index in [0.717, 1.165) is 0 Å². The van der Waals surface area contributed by atoms with Gasteiger partial charge in [-0.2, -0.15) is 0 Å². The van der Waals surface area contributed by atoms with E-state index in [1.807, 2.05) is 0 Å². The zero-order valence-corrected chi connectivity index (χ0v) is 12.1. The maximum absolute atomic E-state index is 12.1. The van der Waals surface area contributed by atoms with Crippen molar-refractivity contribution >= 4 is 23.2 Å². The van der Waals surface area contributed by atoms with Gasteiger partial charge in [0.15, 0.2) is 0 Å². The molecule has 2 N–H and O–H groups in total. The molecule has 7 heteroatoms. The van der Waals surface area contributed by atoms with Crippen molar-refractivity contribution in [3.8, 4) is 0 Å². The number of nitrogens with one attached hydrogen (secondary N) is 1. The van der Waals surface area contributed by atoms with Crippen LogP contribution in [0.4, 0.5) is 0 Å². The third kappa shape index (κ3) is 3.77. The summed E-state index contributed by atoms with van der Waals surface area (Å²) in [4.78, 5) is 29.7. The summed E-state index contributed by atoms with van der Waals surface area (Å²) >= 11 is 1.41. The smallest absolute Gasteiger partial charge is 0.273 e. The van der Waals surface area contributed by atoms with Gasteiger partial charge in [-0.3, -0.25) is 9.59 Å². The highest BCUT2D eigenvalue weighted by molar-refractivity contribution is 7.07. The Balaban J connectivity index is 1.77. The first kappa shape index (κ1) is 14.9. The molecule has 0 aromatic carbocycles. The van der Waals surface area contributed by atoms with Crippen molar-refractivity contribution in [1.29, 1.82) is 0 Å². The van der Waals surface area contributed by atoms with Gasteiger partial charge in [0.2, 0.25) is 5.91 Å². The number of rotatable bonds is 5. The summed E-state index contributed by atoms with van der Waals surface area (Å²) in [6, 6.07) is 0. The summed E-state index contributed by atoms with van der Waals surface area (Å²) < 4.78 is 0. The van der Waals surface area contributed by atoms with Gasteiger partial charge in [-0.05, 0) is 19.3 Å². The van der Waals surface area contributed by atoms with Gasteiger partial charge < -0.3 is 15.3 Å². The van der Waals surface area contributed by atoms with Crippen LogP contribution in [0.2, 0.25) is 0 Å². The second kappa shape index (κ2) is 7.35. The molecule has 0 radical (unpaired) electrons. The summed E-state index contributed by atoms with van der Waals surface area (Å²) in [5, 5.41) is 13.2. The monoisotopic (exact) mass is 297 g/mol. The number of likely N-dealkylation sites (tertiary alicyclic amines) is 1. The van der Waals surface area contributed by atoms with Crippen LogP contribution in [0, 0.1) is 5.92 Å². The molecule has 20 heavy (non-hydrogen) atoms. The predicted octanol–water partition coefficient (Wildman–Crippen LogP) is 0.494. The van der Waals surface area contributed by atoms with Gasteiger partial charge in [-0.25, -0.2) is 4.98 Å². The van der Waals surface area contributed by atoms with E-state index >= 15 is 0 Å². The standard InChI is InChI=1S/C13H19N3O3S/c17-7-1-4-14-12(18)10-2-5-16(6-3-10)13(19)11-8-20-9-15-11/h8-10,17H,1-7H2,(H,14,18). The normalized spacial score (nSPS) is 16.1. The number of aliphatic hydroxyl groups excluding tert-OH is 1. The minimum atomic E-state index is -0.0506. The van der Waals surface area contributed by atoms with Crippen molar-refractivity contribution in [2.24, 2.45) is 5.92 Å². The molecule has 1 fully saturated rings. The van der Waals surface area contributed by atoms with Crippen LogP contribution < -0.4 is 5.32 Å². The Kier molecular flexibility index (Phi) is 5.49. The number of piperidine rings is 1. The predicted molar refractivity (Wildman–Crippen MR) is 75.5 cm³/mol. The van der Waals surface area contributed by atoms with E-state index in [4.69, 9.17) is 5.11 Å².